The number of hydrogen-bond acceptors (Lipinski definition) is 7. The standard InChI is InChI=1S/C21H23N7O2S/c1-14-12-15(2)28(27-14)20-13-19(25-16(3)26-20)22-10-11-24-31(29,30)18-8-4-6-17-7-5-9-23-21(17)18/h4-9,12-13,24H,10-11H2,1-3H3,(H,22,25,26). The predicted octanol–water partition coefficient (Wildman–Crippen LogP) is 2.53. The molecule has 0 fully saturated rings. The Morgan fingerprint density at radius 3 is 2.58 bits per heavy atom. The van der Waals surface area contributed by atoms with Gasteiger partial charge in [0.2, 0.25) is 10.0 Å². The summed E-state index contributed by atoms with van der Waals surface area (Å²) in [5, 5.41) is 8.37. The summed E-state index contributed by atoms with van der Waals surface area (Å²) in [5.74, 6) is 1.85. The Balaban J connectivity index is 1.44. The molecular weight excluding hydrogens is 414 g/mol. The Morgan fingerprint density at radius 1 is 1.00 bits per heavy atom. The van der Waals surface area contributed by atoms with Gasteiger partial charge in [-0.2, -0.15) is 5.10 Å². The van der Waals surface area contributed by atoms with Crippen LogP contribution < -0.4 is 10.0 Å². The van der Waals surface area contributed by atoms with Crippen molar-refractivity contribution in [3.63, 3.8) is 0 Å². The second-order valence-corrected chi connectivity index (χ2v) is 8.89. The molecule has 9 nitrogen and oxygen atoms in total. The molecule has 0 unspecified atom stereocenters. The van der Waals surface area contributed by atoms with Gasteiger partial charge in [-0.3, -0.25) is 4.98 Å². The summed E-state index contributed by atoms with van der Waals surface area (Å²) >= 11 is 0. The number of sulfonamides is 1. The minimum absolute atomic E-state index is 0.162. The van der Waals surface area contributed by atoms with Crippen LogP contribution in [0.15, 0.2) is 53.6 Å². The van der Waals surface area contributed by atoms with Gasteiger partial charge in [-0.05, 0) is 39.0 Å². The van der Waals surface area contributed by atoms with E-state index in [4.69, 9.17) is 0 Å². The van der Waals surface area contributed by atoms with Gasteiger partial charge in [0.15, 0.2) is 5.82 Å². The fourth-order valence-corrected chi connectivity index (χ4v) is 4.57. The average Bonchev–Trinajstić information content (AvgIpc) is 3.08. The lowest BCUT2D eigenvalue weighted by Gasteiger charge is -2.11. The van der Waals surface area contributed by atoms with Gasteiger partial charge < -0.3 is 5.32 Å². The van der Waals surface area contributed by atoms with Gasteiger partial charge in [-0.15, -0.1) is 0 Å². The summed E-state index contributed by atoms with van der Waals surface area (Å²) in [6.45, 7) is 6.22. The molecule has 3 aromatic heterocycles. The molecule has 0 amide bonds. The molecule has 1 aromatic carbocycles. The van der Waals surface area contributed by atoms with Gasteiger partial charge >= 0.3 is 0 Å². The quantitative estimate of drug-likeness (QED) is 0.427. The number of aromatic nitrogens is 5. The third-order valence-electron chi connectivity index (χ3n) is 4.66. The fraction of sp³-hybridized carbons (Fsp3) is 0.238. The minimum atomic E-state index is -3.70. The van der Waals surface area contributed by atoms with Crippen LogP contribution >= 0.6 is 0 Å². The number of fused-ring (bicyclic) bond motifs is 1. The van der Waals surface area contributed by atoms with Crippen LogP contribution in [0.25, 0.3) is 16.7 Å². The SMILES string of the molecule is Cc1cc(C)n(-c2cc(NCCNS(=O)(=O)c3cccc4cccnc34)nc(C)n2)n1. The topological polar surface area (TPSA) is 115 Å². The molecular formula is C21H23N7O2S. The van der Waals surface area contributed by atoms with Crippen LogP contribution in [0.3, 0.4) is 0 Å². The maximum absolute atomic E-state index is 12.8. The van der Waals surface area contributed by atoms with Crippen molar-refractivity contribution in [2.24, 2.45) is 0 Å². The average molecular weight is 438 g/mol. The number of rotatable bonds is 7. The van der Waals surface area contributed by atoms with E-state index in [0.717, 1.165) is 16.8 Å². The second kappa shape index (κ2) is 8.40. The second-order valence-electron chi connectivity index (χ2n) is 7.15. The molecule has 0 aliphatic carbocycles. The van der Waals surface area contributed by atoms with Gasteiger partial charge in [0.25, 0.3) is 0 Å². The smallest absolute Gasteiger partial charge is 0.242 e. The summed E-state index contributed by atoms with van der Waals surface area (Å²) in [7, 11) is -3.70. The van der Waals surface area contributed by atoms with E-state index in [1.165, 1.54) is 0 Å². The van der Waals surface area contributed by atoms with E-state index in [9.17, 15) is 8.42 Å². The lowest BCUT2D eigenvalue weighted by molar-refractivity contribution is 0.583. The first kappa shape index (κ1) is 20.9. The van der Waals surface area contributed by atoms with E-state index >= 15 is 0 Å². The molecule has 31 heavy (non-hydrogen) atoms. The zero-order valence-electron chi connectivity index (χ0n) is 17.5. The van der Waals surface area contributed by atoms with Crippen molar-refractivity contribution in [2.75, 3.05) is 18.4 Å². The summed E-state index contributed by atoms with van der Waals surface area (Å²) in [6, 6.07) is 12.5. The molecule has 0 aliphatic rings. The third-order valence-corrected chi connectivity index (χ3v) is 6.15. The highest BCUT2D eigenvalue weighted by atomic mass is 32.2. The molecule has 0 spiro atoms. The van der Waals surface area contributed by atoms with Crippen molar-refractivity contribution in [3.8, 4) is 5.82 Å². The zero-order valence-corrected chi connectivity index (χ0v) is 18.3. The first-order chi connectivity index (χ1) is 14.8. The summed E-state index contributed by atoms with van der Waals surface area (Å²) < 4.78 is 29.9. The fourth-order valence-electron chi connectivity index (χ4n) is 3.36. The molecule has 0 atom stereocenters. The number of nitrogens with zero attached hydrogens (tertiary/aromatic N) is 5. The van der Waals surface area contributed by atoms with Crippen molar-refractivity contribution in [2.45, 2.75) is 25.7 Å². The van der Waals surface area contributed by atoms with Crippen molar-refractivity contribution in [1.82, 2.24) is 29.5 Å². The van der Waals surface area contributed by atoms with Crippen LogP contribution in [0.4, 0.5) is 5.82 Å². The van der Waals surface area contributed by atoms with E-state index < -0.39 is 10.0 Å². The summed E-state index contributed by atoms with van der Waals surface area (Å²) in [4.78, 5) is 13.2. The maximum atomic E-state index is 12.8. The van der Waals surface area contributed by atoms with Crippen LogP contribution in [0.2, 0.25) is 0 Å². The molecule has 0 saturated carbocycles. The Kier molecular flexibility index (Phi) is 5.66. The number of anilines is 1. The number of para-hydroxylation sites is 1. The van der Waals surface area contributed by atoms with E-state index in [-0.39, 0.29) is 11.4 Å². The van der Waals surface area contributed by atoms with Crippen LogP contribution in [-0.4, -0.2) is 46.2 Å². The summed E-state index contributed by atoms with van der Waals surface area (Å²) in [5.41, 5.74) is 2.32. The van der Waals surface area contributed by atoms with Gasteiger partial charge in [0.05, 0.1) is 11.2 Å². The Bertz CT molecular complexity index is 1340. The number of hydrogen-bond donors (Lipinski definition) is 2. The highest BCUT2D eigenvalue weighted by Crippen LogP contribution is 2.20. The molecule has 0 bridgehead atoms. The van der Waals surface area contributed by atoms with Crippen LogP contribution in [0, 0.1) is 20.8 Å². The number of aryl methyl sites for hydroxylation is 3. The molecule has 2 N–H and O–H groups in total. The van der Waals surface area contributed by atoms with Gasteiger partial charge in [-0.1, -0.05) is 18.2 Å². The van der Waals surface area contributed by atoms with E-state index in [1.807, 2.05) is 32.0 Å². The molecule has 4 aromatic rings. The lowest BCUT2D eigenvalue weighted by atomic mass is 10.2. The highest BCUT2D eigenvalue weighted by Gasteiger charge is 2.17. The molecule has 0 saturated heterocycles. The summed E-state index contributed by atoms with van der Waals surface area (Å²) in [6.07, 6.45) is 1.58. The van der Waals surface area contributed by atoms with Gasteiger partial charge in [0, 0.05) is 36.4 Å². The molecule has 4 rings (SSSR count). The molecule has 3 heterocycles. The Morgan fingerprint density at radius 2 is 1.81 bits per heavy atom. The van der Waals surface area contributed by atoms with E-state index in [1.54, 1.807) is 42.1 Å². The molecule has 0 radical (unpaired) electrons. The molecule has 10 heteroatoms. The maximum Gasteiger partial charge on any atom is 0.242 e. The van der Waals surface area contributed by atoms with Crippen molar-refractivity contribution < 1.29 is 8.42 Å². The Labute approximate surface area is 180 Å². The largest absolute Gasteiger partial charge is 0.369 e. The van der Waals surface area contributed by atoms with Gasteiger partial charge in [-0.25, -0.2) is 27.8 Å². The van der Waals surface area contributed by atoms with Crippen molar-refractivity contribution in [3.05, 3.63) is 65.9 Å². The van der Waals surface area contributed by atoms with Gasteiger partial charge in [0.1, 0.15) is 16.5 Å². The monoisotopic (exact) mass is 437 g/mol. The lowest BCUT2D eigenvalue weighted by Crippen LogP contribution is -2.29. The zero-order chi connectivity index (χ0) is 22.0. The molecule has 0 aliphatic heterocycles. The van der Waals surface area contributed by atoms with E-state index in [2.05, 4.69) is 30.1 Å². The van der Waals surface area contributed by atoms with Crippen LogP contribution in [-0.2, 0) is 10.0 Å². The van der Waals surface area contributed by atoms with Crippen molar-refractivity contribution in [1.29, 1.82) is 0 Å². The number of benzene rings is 1. The number of pyridine rings is 1. The third kappa shape index (κ3) is 4.54. The molecule has 160 valence electrons. The number of nitrogens with one attached hydrogen (secondary N) is 2. The minimum Gasteiger partial charge on any atom is -0.369 e. The van der Waals surface area contributed by atoms with Crippen LogP contribution in [0.5, 0.6) is 0 Å². The normalized spacial score (nSPS) is 11.7. The first-order valence-corrected chi connectivity index (χ1v) is 11.3. The van der Waals surface area contributed by atoms with E-state index in [0.29, 0.717) is 29.5 Å². The van der Waals surface area contributed by atoms with Crippen molar-refractivity contribution >= 4 is 26.7 Å². The Hall–Kier alpha value is -3.37. The first-order valence-electron chi connectivity index (χ1n) is 9.80. The predicted molar refractivity (Wildman–Crippen MR) is 119 cm³/mol. The highest BCUT2D eigenvalue weighted by molar-refractivity contribution is 7.89. The van der Waals surface area contributed by atoms with Crippen LogP contribution in [0.1, 0.15) is 17.2 Å².